The third kappa shape index (κ3) is 2.30. The average Bonchev–Trinajstić information content (AvgIpc) is 2.16. The van der Waals surface area contributed by atoms with E-state index in [0.717, 1.165) is 0 Å². The zero-order chi connectivity index (χ0) is 11.6. The molecule has 82 valence electrons. The highest BCUT2D eigenvalue weighted by molar-refractivity contribution is 6.17. The number of halogens is 3. The van der Waals surface area contributed by atoms with Gasteiger partial charge >= 0.3 is 11.4 Å². The van der Waals surface area contributed by atoms with Crippen molar-refractivity contribution >= 4 is 17.4 Å². The molecule has 1 rings (SSSR count). The number of nitrogens with zero attached hydrogens (tertiary/aromatic N) is 1. The molecule has 5 nitrogen and oxygen atoms in total. The smallest absolute Gasteiger partial charge is 0.336 e. The minimum absolute atomic E-state index is 0.350. The Labute approximate surface area is 86.8 Å². The van der Waals surface area contributed by atoms with Crippen LogP contribution in [0.2, 0.25) is 0 Å². The third-order valence-corrected chi connectivity index (χ3v) is 1.99. The zero-order valence-electron chi connectivity index (χ0n) is 7.17. The first-order valence-electron chi connectivity index (χ1n) is 3.72. The van der Waals surface area contributed by atoms with Crippen LogP contribution in [0, 0.1) is 10.1 Å². The molecule has 15 heavy (non-hydrogen) atoms. The molecule has 0 aliphatic carbocycles. The number of aromatic nitrogens is 1. The van der Waals surface area contributed by atoms with Gasteiger partial charge in [0.15, 0.2) is 0 Å². The molecule has 0 unspecified atom stereocenters. The lowest BCUT2D eigenvalue weighted by atomic mass is 10.1. The molecule has 0 aromatic carbocycles. The van der Waals surface area contributed by atoms with E-state index in [1.807, 2.05) is 4.98 Å². The van der Waals surface area contributed by atoms with Crippen LogP contribution in [-0.4, -0.2) is 9.91 Å². The molecule has 0 atom stereocenters. The summed E-state index contributed by atoms with van der Waals surface area (Å²) in [5.74, 6) is -1.20. The van der Waals surface area contributed by atoms with Crippen LogP contribution in [0.3, 0.4) is 0 Å². The highest BCUT2D eigenvalue weighted by Crippen LogP contribution is 2.24. The topological polar surface area (TPSA) is 76.0 Å². The van der Waals surface area contributed by atoms with E-state index < -0.39 is 34.2 Å². The van der Waals surface area contributed by atoms with Gasteiger partial charge in [0, 0.05) is 11.6 Å². The van der Waals surface area contributed by atoms with Crippen molar-refractivity contribution in [3.05, 3.63) is 37.7 Å². The third-order valence-electron chi connectivity index (χ3n) is 1.72. The maximum Gasteiger partial charge on any atom is 0.336 e. The molecule has 0 amide bonds. The highest BCUT2D eigenvalue weighted by atomic mass is 35.5. The molecule has 0 bridgehead atoms. The molecule has 1 aromatic rings. The Morgan fingerprint density at radius 3 is 2.60 bits per heavy atom. The van der Waals surface area contributed by atoms with Crippen LogP contribution in [0.5, 0.6) is 0 Å². The predicted octanol–water partition coefficient (Wildman–Crippen LogP) is 1.96. The van der Waals surface area contributed by atoms with E-state index in [2.05, 4.69) is 0 Å². The minimum Gasteiger partial charge on any atom is -0.358 e. The molecule has 1 aromatic heterocycles. The molecule has 0 fully saturated rings. The Bertz CT molecular complexity index is 446. The van der Waals surface area contributed by atoms with Gasteiger partial charge in [0.05, 0.1) is 11.4 Å². The van der Waals surface area contributed by atoms with Gasteiger partial charge in [0.2, 0.25) is 0 Å². The van der Waals surface area contributed by atoms with Gasteiger partial charge < -0.3 is 10.1 Å². The lowest BCUT2D eigenvalue weighted by Crippen LogP contribution is -2.16. The lowest BCUT2D eigenvalue weighted by molar-refractivity contribution is -0.389. The summed E-state index contributed by atoms with van der Waals surface area (Å²) in [5, 5.41) is 10.3. The molecule has 1 N–H and O–H groups in total. The van der Waals surface area contributed by atoms with Gasteiger partial charge in [-0.3, -0.25) is 0 Å². The average molecular weight is 239 g/mol. The van der Waals surface area contributed by atoms with Crippen molar-refractivity contribution in [2.75, 3.05) is 0 Å². The number of pyridine rings is 1. The Hall–Kier alpha value is -1.50. The first-order valence-corrected chi connectivity index (χ1v) is 4.25. The van der Waals surface area contributed by atoms with Crippen molar-refractivity contribution < 1.29 is 13.7 Å². The molecular weight excluding hydrogens is 234 g/mol. The van der Waals surface area contributed by atoms with Crippen LogP contribution >= 0.6 is 11.6 Å². The molecule has 0 aliphatic rings. The molecule has 0 saturated heterocycles. The molecule has 8 heteroatoms. The Morgan fingerprint density at radius 1 is 1.60 bits per heavy atom. The number of alkyl halides is 3. The van der Waals surface area contributed by atoms with Crippen LogP contribution in [0.25, 0.3) is 0 Å². The van der Waals surface area contributed by atoms with Crippen LogP contribution in [0.15, 0.2) is 10.9 Å². The number of H-pyrrole nitrogens is 1. The summed E-state index contributed by atoms with van der Waals surface area (Å²) >= 11 is 5.29. The summed E-state index contributed by atoms with van der Waals surface area (Å²) < 4.78 is 24.8. The van der Waals surface area contributed by atoms with E-state index in [4.69, 9.17) is 11.6 Å². The van der Waals surface area contributed by atoms with Gasteiger partial charge in [0.1, 0.15) is 0 Å². The number of hydrogen-bond acceptors (Lipinski definition) is 3. The maximum absolute atomic E-state index is 12.4. The van der Waals surface area contributed by atoms with Crippen molar-refractivity contribution in [1.29, 1.82) is 0 Å². The highest BCUT2D eigenvalue weighted by Gasteiger charge is 2.21. The van der Waals surface area contributed by atoms with Crippen molar-refractivity contribution in [1.82, 2.24) is 4.98 Å². The SMILES string of the molecule is O=c1[nH]c([N+](=O)[O-])cc(C(F)F)c1CCl. The van der Waals surface area contributed by atoms with Gasteiger partial charge in [-0.15, -0.1) is 11.6 Å². The summed E-state index contributed by atoms with van der Waals surface area (Å²) in [6.45, 7) is 0. The van der Waals surface area contributed by atoms with E-state index >= 15 is 0 Å². The predicted molar refractivity (Wildman–Crippen MR) is 48.2 cm³/mol. The second-order valence-corrected chi connectivity index (χ2v) is 2.88. The lowest BCUT2D eigenvalue weighted by Gasteiger charge is -2.03. The van der Waals surface area contributed by atoms with Gasteiger partial charge in [0.25, 0.3) is 6.43 Å². The van der Waals surface area contributed by atoms with E-state index in [1.54, 1.807) is 0 Å². The van der Waals surface area contributed by atoms with Crippen molar-refractivity contribution in [2.45, 2.75) is 12.3 Å². The summed E-state index contributed by atoms with van der Waals surface area (Å²) in [5.41, 5.74) is -2.02. The fourth-order valence-corrected chi connectivity index (χ4v) is 1.30. The van der Waals surface area contributed by atoms with Crippen molar-refractivity contribution in [3.8, 4) is 0 Å². The number of aromatic amines is 1. The summed E-state index contributed by atoms with van der Waals surface area (Å²) in [6, 6.07) is 0.615. The van der Waals surface area contributed by atoms with Gasteiger partial charge in [-0.25, -0.2) is 18.6 Å². The minimum atomic E-state index is -2.97. The molecule has 1 heterocycles. The van der Waals surface area contributed by atoms with E-state index in [0.29, 0.717) is 6.07 Å². The number of nitrogens with one attached hydrogen (secondary N) is 1. The Kier molecular flexibility index (Phi) is 3.35. The van der Waals surface area contributed by atoms with E-state index in [-0.39, 0.29) is 5.56 Å². The Balaban J connectivity index is 3.46. The second kappa shape index (κ2) is 4.35. The van der Waals surface area contributed by atoms with E-state index in [1.165, 1.54) is 0 Å². The van der Waals surface area contributed by atoms with Crippen LogP contribution < -0.4 is 5.56 Å². The van der Waals surface area contributed by atoms with Crippen LogP contribution in [-0.2, 0) is 5.88 Å². The van der Waals surface area contributed by atoms with Crippen LogP contribution in [0.4, 0.5) is 14.6 Å². The first kappa shape index (κ1) is 11.6. The molecule has 0 spiro atoms. The number of rotatable bonds is 3. The number of hydrogen-bond donors (Lipinski definition) is 1. The molecular formula is C7H5ClF2N2O3. The number of nitro groups is 1. The quantitative estimate of drug-likeness (QED) is 0.497. The fourth-order valence-electron chi connectivity index (χ4n) is 1.02. The van der Waals surface area contributed by atoms with Crippen molar-refractivity contribution in [3.63, 3.8) is 0 Å². The summed E-state index contributed by atoms with van der Waals surface area (Å²) in [7, 11) is 0. The van der Waals surface area contributed by atoms with Gasteiger partial charge in [-0.2, -0.15) is 0 Å². The standard InChI is InChI=1S/C7H5ClF2N2O3/c8-2-4-3(6(9)10)1-5(12(14)15)11-7(4)13/h1,6H,2H2,(H,11,13). The van der Waals surface area contributed by atoms with Crippen LogP contribution in [0.1, 0.15) is 17.6 Å². The maximum atomic E-state index is 12.4. The van der Waals surface area contributed by atoms with Gasteiger partial charge in [-0.05, 0) is 4.92 Å². The summed E-state index contributed by atoms with van der Waals surface area (Å²) in [4.78, 5) is 22.3. The van der Waals surface area contributed by atoms with E-state index in [9.17, 15) is 23.7 Å². The molecule has 0 aliphatic heterocycles. The fraction of sp³-hybridized carbons (Fsp3) is 0.286. The molecule has 0 saturated carbocycles. The normalized spacial score (nSPS) is 10.7. The first-order chi connectivity index (χ1) is 6.97. The molecule has 0 radical (unpaired) electrons. The largest absolute Gasteiger partial charge is 0.358 e. The zero-order valence-corrected chi connectivity index (χ0v) is 7.92. The second-order valence-electron chi connectivity index (χ2n) is 2.61. The Morgan fingerprint density at radius 2 is 2.20 bits per heavy atom. The van der Waals surface area contributed by atoms with Gasteiger partial charge in [-0.1, -0.05) is 0 Å². The van der Waals surface area contributed by atoms with Crippen molar-refractivity contribution in [2.24, 2.45) is 0 Å². The summed E-state index contributed by atoms with van der Waals surface area (Å²) in [6.07, 6.45) is -2.97. The monoisotopic (exact) mass is 238 g/mol.